The van der Waals surface area contributed by atoms with Gasteiger partial charge in [0.05, 0.1) is 18.3 Å². The first-order chi connectivity index (χ1) is 15.1. The Bertz CT molecular complexity index is 962. The van der Waals surface area contributed by atoms with Crippen LogP contribution in [0.5, 0.6) is 5.75 Å². The summed E-state index contributed by atoms with van der Waals surface area (Å²) in [4.78, 5) is 4.61. The highest BCUT2D eigenvalue weighted by Gasteiger charge is 2.11. The zero-order valence-electron chi connectivity index (χ0n) is 17.1. The molecule has 0 aliphatic rings. The number of rotatable bonds is 9. The molecule has 0 fully saturated rings. The van der Waals surface area contributed by atoms with Crippen LogP contribution in [-0.2, 0) is 6.54 Å². The van der Waals surface area contributed by atoms with Crippen molar-refractivity contribution in [2.45, 2.75) is 26.2 Å². The Kier molecular flexibility index (Phi) is 7.94. The van der Waals surface area contributed by atoms with Gasteiger partial charge in [-0.1, -0.05) is 30.3 Å². The van der Waals surface area contributed by atoms with E-state index in [9.17, 15) is 13.9 Å². The fraction of sp³-hybridized carbons (Fsp3) is 0.273. The van der Waals surface area contributed by atoms with Crippen molar-refractivity contribution < 1.29 is 18.6 Å². The number of aromatic nitrogens is 2. The van der Waals surface area contributed by atoms with Crippen LogP contribution in [0.2, 0.25) is 0 Å². The number of hydrogen-bond donors (Lipinski definition) is 3. The molecule has 1 unspecified atom stereocenters. The molecule has 0 amide bonds. The number of benzene rings is 2. The lowest BCUT2D eigenvalue weighted by atomic mass is 10.1. The van der Waals surface area contributed by atoms with Crippen molar-refractivity contribution in [1.82, 2.24) is 20.4 Å². The summed E-state index contributed by atoms with van der Waals surface area (Å²) in [6.07, 6.45) is 2.75. The van der Waals surface area contributed by atoms with E-state index in [-0.39, 0.29) is 12.3 Å². The summed E-state index contributed by atoms with van der Waals surface area (Å²) in [7, 11) is 0. The average Bonchev–Trinajstić information content (AvgIpc) is 3.30. The zero-order valence-corrected chi connectivity index (χ0v) is 17.1. The quantitative estimate of drug-likeness (QED) is 0.359. The van der Waals surface area contributed by atoms with Gasteiger partial charge >= 0.3 is 6.61 Å². The molecule has 0 radical (unpaired) electrons. The molecular weight excluding hydrogens is 404 g/mol. The molecule has 0 aliphatic heterocycles. The number of aliphatic hydroxyl groups is 1. The van der Waals surface area contributed by atoms with E-state index < -0.39 is 12.7 Å². The van der Waals surface area contributed by atoms with Gasteiger partial charge in [0, 0.05) is 25.5 Å². The first-order valence-corrected chi connectivity index (χ1v) is 9.89. The topological polar surface area (TPSA) is 83.7 Å². The van der Waals surface area contributed by atoms with Crippen molar-refractivity contribution in [1.29, 1.82) is 0 Å². The molecule has 3 rings (SSSR count). The van der Waals surface area contributed by atoms with Crippen LogP contribution < -0.4 is 15.4 Å². The Hall–Kier alpha value is -3.46. The van der Waals surface area contributed by atoms with Crippen LogP contribution in [0, 0.1) is 0 Å². The van der Waals surface area contributed by atoms with Gasteiger partial charge in [-0.2, -0.15) is 13.9 Å². The van der Waals surface area contributed by atoms with Gasteiger partial charge in [0.2, 0.25) is 0 Å². The van der Waals surface area contributed by atoms with Crippen molar-refractivity contribution in [3.8, 4) is 11.4 Å². The number of hydrogen-bond acceptors (Lipinski definition) is 4. The van der Waals surface area contributed by atoms with Gasteiger partial charge in [-0.3, -0.25) is 0 Å². The second-order valence-electron chi connectivity index (χ2n) is 6.62. The molecule has 2 aromatic carbocycles. The summed E-state index contributed by atoms with van der Waals surface area (Å²) in [5, 5.41) is 20.9. The zero-order chi connectivity index (χ0) is 22.1. The molecule has 0 spiro atoms. The minimum Gasteiger partial charge on any atom is -0.435 e. The number of alkyl halides is 2. The van der Waals surface area contributed by atoms with E-state index in [1.807, 2.05) is 43.5 Å². The molecule has 9 heteroatoms. The molecule has 1 atom stereocenters. The molecule has 3 N–H and O–H groups in total. The fourth-order valence-corrected chi connectivity index (χ4v) is 2.97. The van der Waals surface area contributed by atoms with Crippen LogP contribution in [0.3, 0.4) is 0 Å². The third-order valence-corrected chi connectivity index (χ3v) is 4.45. The lowest BCUT2D eigenvalue weighted by Crippen LogP contribution is -2.39. The molecule has 3 aromatic rings. The number of guanidine groups is 1. The number of ether oxygens (including phenoxy) is 1. The van der Waals surface area contributed by atoms with Crippen LogP contribution in [0.15, 0.2) is 72.0 Å². The van der Waals surface area contributed by atoms with E-state index in [1.54, 1.807) is 23.0 Å². The maximum absolute atomic E-state index is 12.3. The van der Waals surface area contributed by atoms with Gasteiger partial charge in [-0.25, -0.2) is 9.67 Å². The summed E-state index contributed by atoms with van der Waals surface area (Å²) in [5.74, 6) is 0.596. The Balaban J connectivity index is 1.63. The maximum atomic E-state index is 12.3. The number of halogens is 2. The van der Waals surface area contributed by atoms with Gasteiger partial charge in [-0.15, -0.1) is 0 Å². The lowest BCUT2D eigenvalue weighted by Gasteiger charge is -2.16. The predicted octanol–water partition coefficient (Wildman–Crippen LogP) is 3.26. The van der Waals surface area contributed by atoms with Crippen molar-refractivity contribution in [2.24, 2.45) is 4.99 Å². The van der Waals surface area contributed by atoms with Crippen molar-refractivity contribution in [2.75, 3.05) is 13.1 Å². The maximum Gasteiger partial charge on any atom is 0.387 e. The standard InChI is InChI=1S/C22H25F2N5O2/c1-2-25-22(26-14-17-6-3-4-7-19(17)29-13-5-12-28-29)27-15-20(30)16-8-10-18(11-9-16)31-21(23)24/h3-13,20-21,30H,2,14-15H2,1H3,(H2,25,26,27). The van der Waals surface area contributed by atoms with Crippen LogP contribution in [-0.4, -0.2) is 40.5 Å². The van der Waals surface area contributed by atoms with Crippen molar-refractivity contribution >= 4 is 5.96 Å². The summed E-state index contributed by atoms with van der Waals surface area (Å²) in [6, 6.07) is 15.6. The minimum absolute atomic E-state index is 0.0460. The summed E-state index contributed by atoms with van der Waals surface area (Å²) in [5.41, 5.74) is 2.52. The molecule has 0 saturated carbocycles. The minimum atomic E-state index is -2.88. The summed E-state index contributed by atoms with van der Waals surface area (Å²) < 4.78 is 30.6. The average molecular weight is 429 g/mol. The van der Waals surface area contributed by atoms with E-state index in [4.69, 9.17) is 0 Å². The second kappa shape index (κ2) is 11.1. The smallest absolute Gasteiger partial charge is 0.387 e. The first kappa shape index (κ1) is 22.2. The summed E-state index contributed by atoms with van der Waals surface area (Å²) in [6.45, 7) is 0.341. The molecular formula is C22H25F2N5O2. The lowest BCUT2D eigenvalue weighted by molar-refractivity contribution is -0.0498. The molecule has 7 nitrogen and oxygen atoms in total. The molecule has 0 saturated heterocycles. The highest BCUT2D eigenvalue weighted by atomic mass is 19.3. The van der Waals surface area contributed by atoms with Crippen LogP contribution in [0.4, 0.5) is 8.78 Å². The number of nitrogens with zero attached hydrogens (tertiary/aromatic N) is 3. The predicted molar refractivity (Wildman–Crippen MR) is 114 cm³/mol. The number of aliphatic imine (C=N–C) groups is 1. The van der Waals surface area contributed by atoms with Gasteiger partial charge in [0.15, 0.2) is 5.96 Å². The molecule has 1 aromatic heterocycles. The fourth-order valence-electron chi connectivity index (χ4n) is 2.97. The number of para-hydroxylation sites is 1. The molecule has 31 heavy (non-hydrogen) atoms. The first-order valence-electron chi connectivity index (χ1n) is 9.89. The molecule has 0 bridgehead atoms. The normalized spacial score (nSPS) is 12.6. The molecule has 1 heterocycles. The van der Waals surface area contributed by atoms with Gasteiger partial charge in [0.25, 0.3) is 0 Å². The van der Waals surface area contributed by atoms with E-state index >= 15 is 0 Å². The van der Waals surface area contributed by atoms with E-state index in [0.29, 0.717) is 24.6 Å². The number of aliphatic hydroxyl groups excluding tert-OH is 1. The van der Waals surface area contributed by atoms with E-state index in [1.165, 1.54) is 12.1 Å². The van der Waals surface area contributed by atoms with Crippen molar-refractivity contribution in [3.63, 3.8) is 0 Å². The Morgan fingerprint density at radius 1 is 1.13 bits per heavy atom. The van der Waals surface area contributed by atoms with Gasteiger partial charge in [-0.05, 0) is 42.3 Å². The Labute approximate surface area is 179 Å². The molecule has 0 aliphatic carbocycles. The summed E-state index contributed by atoms with van der Waals surface area (Å²) >= 11 is 0. The van der Waals surface area contributed by atoms with Gasteiger partial charge < -0.3 is 20.5 Å². The number of nitrogens with one attached hydrogen (secondary N) is 2. The van der Waals surface area contributed by atoms with E-state index in [0.717, 1.165) is 11.3 Å². The van der Waals surface area contributed by atoms with Crippen LogP contribution >= 0.6 is 0 Å². The monoisotopic (exact) mass is 429 g/mol. The highest BCUT2D eigenvalue weighted by molar-refractivity contribution is 5.79. The van der Waals surface area contributed by atoms with E-state index in [2.05, 4.69) is 25.5 Å². The van der Waals surface area contributed by atoms with Crippen molar-refractivity contribution in [3.05, 3.63) is 78.1 Å². The highest BCUT2D eigenvalue weighted by Crippen LogP contribution is 2.19. The largest absolute Gasteiger partial charge is 0.435 e. The molecule has 164 valence electrons. The second-order valence-corrected chi connectivity index (χ2v) is 6.62. The Morgan fingerprint density at radius 3 is 2.58 bits per heavy atom. The van der Waals surface area contributed by atoms with Gasteiger partial charge in [0.1, 0.15) is 5.75 Å². The Morgan fingerprint density at radius 2 is 1.90 bits per heavy atom. The third-order valence-electron chi connectivity index (χ3n) is 4.45. The SMILES string of the molecule is CCNC(=NCc1ccccc1-n1cccn1)NCC(O)c1ccc(OC(F)F)cc1. The third kappa shape index (κ3) is 6.51. The van der Waals surface area contributed by atoms with Crippen LogP contribution in [0.25, 0.3) is 5.69 Å². The van der Waals surface area contributed by atoms with Crippen LogP contribution in [0.1, 0.15) is 24.2 Å².